The number of carbonyl (C=O) groups is 2. The minimum absolute atomic E-state index is 0.0592. The number of carbonyl (C=O) groups excluding carboxylic acids is 2. The molecule has 0 spiro atoms. The summed E-state index contributed by atoms with van der Waals surface area (Å²) in [6, 6.07) is 7.53. The van der Waals surface area contributed by atoms with Gasteiger partial charge in [0.25, 0.3) is 5.91 Å². The first kappa shape index (κ1) is 11.8. The first-order valence-corrected chi connectivity index (χ1v) is 7.52. The summed E-state index contributed by atoms with van der Waals surface area (Å²) in [6.45, 7) is 0. The van der Waals surface area contributed by atoms with Crippen molar-refractivity contribution in [3.63, 3.8) is 0 Å². The van der Waals surface area contributed by atoms with Gasteiger partial charge in [-0.05, 0) is 25.0 Å². The lowest BCUT2D eigenvalue weighted by molar-refractivity contribution is -0.139. The minimum Gasteiger partial charge on any atom is -0.349 e. The van der Waals surface area contributed by atoms with Crippen molar-refractivity contribution in [3.8, 4) is 0 Å². The van der Waals surface area contributed by atoms with Crippen molar-refractivity contribution in [3.05, 3.63) is 24.3 Å². The molecule has 1 aromatic heterocycles. The van der Waals surface area contributed by atoms with Gasteiger partial charge in [-0.2, -0.15) is 0 Å². The Balaban J connectivity index is 1.56. The second kappa shape index (κ2) is 4.28. The number of nitrogens with zero attached hydrogens (tertiary/aromatic N) is 2. The van der Waals surface area contributed by atoms with Crippen molar-refractivity contribution in [1.29, 1.82) is 0 Å². The third-order valence-corrected chi connectivity index (χ3v) is 4.65. The van der Waals surface area contributed by atoms with Crippen molar-refractivity contribution >= 4 is 38.5 Å². The molecule has 20 heavy (non-hydrogen) atoms. The molecule has 0 bridgehead atoms. The van der Waals surface area contributed by atoms with E-state index >= 15 is 0 Å². The number of para-hydroxylation sites is 1. The van der Waals surface area contributed by atoms with Gasteiger partial charge in [0.15, 0.2) is 5.13 Å². The van der Waals surface area contributed by atoms with E-state index in [1.807, 2.05) is 24.3 Å². The van der Waals surface area contributed by atoms with E-state index < -0.39 is 6.04 Å². The Hall–Kier alpha value is -1.95. The van der Waals surface area contributed by atoms with Crippen molar-refractivity contribution in [2.24, 2.45) is 0 Å². The first-order chi connectivity index (χ1) is 9.72. The van der Waals surface area contributed by atoms with Crippen LogP contribution in [-0.4, -0.2) is 33.8 Å². The fourth-order valence-electron chi connectivity index (χ4n) is 2.56. The van der Waals surface area contributed by atoms with E-state index in [1.165, 1.54) is 16.2 Å². The van der Waals surface area contributed by atoms with E-state index in [0.717, 1.165) is 23.1 Å². The molecule has 6 heteroatoms. The Kier molecular flexibility index (Phi) is 2.53. The summed E-state index contributed by atoms with van der Waals surface area (Å²) in [6.07, 6.45) is 2.14. The van der Waals surface area contributed by atoms with Gasteiger partial charge in [0, 0.05) is 6.04 Å². The molecule has 1 aromatic carbocycles. The monoisotopic (exact) mass is 287 g/mol. The second-order valence-electron chi connectivity index (χ2n) is 5.22. The molecule has 1 saturated heterocycles. The lowest BCUT2D eigenvalue weighted by Gasteiger charge is -2.13. The number of anilines is 1. The summed E-state index contributed by atoms with van der Waals surface area (Å²) in [5.74, 6) is -0.159. The molecule has 102 valence electrons. The van der Waals surface area contributed by atoms with Gasteiger partial charge in [0.1, 0.15) is 6.04 Å². The quantitative estimate of drug-likeness (QED) is 0.877. The largest absolute Gasteiger partial charge is 0.349 e. The lowest BCUT2D eigenvalue weighted by Crippen LogP contribution is -2.36. The second-order valence-corrected chi connectivity index (χ2v) is 6.25. The highest BCUT2D eigenvalue weighted by atomic mass is 32.1. The Labute approximate surface area is 119 Å². The smallest absolute Gasteiger partial charge is 0.252 e. The third kappa shape index (κ3) is 1.87. The highest BCUT2D eigenvalue weighted by Gasteiger charge is 2.46. The maximum Gasteiger partial charge on any atom is 0.252 e. The van der Waals surface area contributed by atoms with Crippen molar-refractivity contribution in [2.75, 3.05) is 5.32 Å². The molecule has 1 saturated carbocycles. The van der Waals surface area contributed by atoms with Gasteiger partial charge < -0.3 is 5.32 Å². The van der Waals surface area contributed by atoms with Gasteiger partial charge in [0.2, 0.25) is 5.91 Å². The zero-order valence-electron chi connectivity index (χ0n) is 10.7. The normalized spacial score (nSPS) is 22.8. The van der Waals surface area contributed by atoms with Crippen LogP contribution < -0.4 is 5.32 Å². The van der Waals surface area contributed by atoms with Crippen LogP contribution in [0.1, 0.15) is 19.3 Å². The summed E-state index contributed by atoms with van der Waals surface area (Å²) >= 11 is 1.51. The van der Waals surface area contributed by atoms with E-state index in [9.17, 15) is 9.59 Å². The van der Waals surface area contributed by atoms with Crippen LogP contribution in [0.5, 0.6) is 0 Å². The van der Waals surface area contributed by atoms with Crippen molar-refractivity contribution in [2.45, 2.75) is 31.3 Å². The lowest BCUT2D eigenvalue weighted by atomic mass is 10.2. The molecule has 2 heterocycles. The van der Waals surface area contributed by atoms with Crippen LogP contribution in [0.2, 0.25) is 0 Å². The molecule has 0 radical (unpaired) electrons. The number of benzene rings is 1. The maximum atomic E-state index is 12.2. The highest BCUT2D eigenvalue weighted by molar-refractivity contribution is 7.22. The zero-order valence-corrected chi connectivity index (χ0v) is 11.5. The van der Waals surface area contributed by atoms with Gasteiger partial charge >= 0.3 is 0 Å². The third-order valence-electron chi connectivity index (χ3n) is 3.69. The summed E-state index contributed by atoms with van der Waals surface area (Å²) < 4.78 is 1.07. The number of likely N-dealkylation sites (tertiary alicyclic amines) is 1. The fourth-order valence-corrected chi connectivity index (χ4v) is 3.48. The van der Waals surface area contributed by atoms with E-state index in [1.54, 1.807) is 0 Å². The van der Waals surface area contributed by atoms with Gasteiger partial charge in [-0.25, -0.2) is 4.98 Å². The summed E-state index contributed by atoms with van der Waals surface area (Å²) in [5, 5.41) is 3.82. The molecule has 2 amide bonds. The molecule has 2 fully saturated rings. The van der Waals surface area contributed by atoms with E-state index in [0.29, 0.717) is 5.13 Å². The molecule has 1 aliphatic carbocycles. The van der Waals surface area contributed by atoms with Crippen LogP contribution in [0.15, 0.2) is 24.3 Å². The Morgan fingerprint density at radius 2 is 2.05 bits per heavy atom. The van der Waals surface area contributed by atoms with Crippen LogP contribution in [0.3, 0.4) is 0 Å². The predicted octanol–water partition coefficient (Wildman–Crippen LogP) is 2.00. The predicted molar refractivity (Wildman–Crippen MR) is 76.5 cm³/mol. The van der Waals surface area contributed by atoms with E-state index in [-0.39, 0.29) is 24.3 Å². The SMILES string of the molecule is O=C1CC(Nc2nc3ccccc3s2)C(=O)N1C1CC1. The molecule has 1 aliphatic heterocycles. The molecule has 4 rings (SSSR count). The Morgan fingerprint density at radius 3 is 2.80 bits per heavy atom. The van der Waals surface area contributed by atoms with Crippen LogP contribution in [0.25, 0.3) is 10.2 Å². The Morgan fingerprint density at radius 1 is 1.25 bits per heavy atom. The van der Waals surface area contributed by atoms with E-state index in [2.05, 4.69) is 10.3 Å². The topological polar surface area (TPSA) is 62.3 Å². The molecule has 1 atom stereocenters. The van der Waals surface area contributed by atoms with Gasteiger partial charge in [-0.15, -0.1) is 0 Å². The summed E-state index contributed by atoms with van der Waals surface area (Å²) in [7, 11) is 0. The van der Waals surface area contributed by atoms with Crippen molar-refractivity contribution in [1.82, 2.24) is 9.88 Å². The van der Waals surface area contributed by atoms with Crippen molar-refractivity contribution < 1.29 is 9.59 Å². The Bertz CT molecular complexity index is 674. The fraction of sp³-hybridized carbons (Fsp3) is 0.357. The average Bonchev–Trinajstić information content (AvgIpc) is 3.10. The number of thiazole rings is 1. The standard InChI is InChI=1S/C14H13N3O2S/c18-12-7-10(13(19)17(12)8-5-6-8)16-14-15-9-3-1-2-4-11(9)20-14/h1-4,8,10H,5-7H2,(H,15,16). The minimum atomic E-state index is -0.455. The zero-order chi connectivity index (χ0) is 13.7. The molecule has 5 nitrogen and oxygen atoms in total. The summed E-state index contributed by atoms with van der Waals surface area (Å²) in [4.78, 5) is 30.0. The van der Waals surface area contributed by atoms with E-state index in [4.69, 9.17) is 0 Å². The molecule has 2 aliphatic rings. The number of aromatic nitrogens is 1. The highest BCUT2D eigenvalue weighted by Crippen LogP contribution is 2.33. The number of imide groups is 1. The molecular weight excluding hydrogens is 274 g/mol. The summed E-state index contributed by atoms with van der Waals surface area (Å²) in [5.41, 5.74) is 0.913. The number of amides is 2. The number of rotatable bonds is 3. The average molecular weight is 287 g/mol. The molecule has 2 aromatic rings. The maximum absolute atomic E-state index is 12.2. The van der Waals surface area contributed by atoms with Crippen LogP contribution in [0.4, 0.5) is 5.13 Å². The van der Waals surface area contributed by atoms with Crippen LogP contribution in [-0.2, 0) is 9.59 Å². The number of hydrogen-bond donors (Lipinski definition) is 1. The van der Waals surface area contributed by atoms with Crippen LogP contribution >= 0.6 is 11.3 Å². The van der Waals surface area contributed by atoms with Gasteiger partial charge in [0.05, 0.1) is 16.6 Å². The van der Waals surface area contributed by atoms with Gasteiger partial charge in [-0.1, -0.05) is 23.5 Å². The number of hydrogen-bond acceptors (Lipinski definition) is 5. The number of nitrogens with one attached hydrogen (secondary N) is 1. The van der Waals surface area contributed by atoms with Gasteiger partial charge in [-0.3, -0.25) is 14.5 Å². The number of fused-ring (bicyclic) bond motifs is 1. The molecular formula is C14H13N3O2S. The first-order valence-electron chi connectivity index (χ1n) is 6.70. The van der Waals surface area contributed by atoms with Crippen LogP contribution in [0, 0.1) is 0 Å². The molecule has 1 N–H and O–H groups in total. The molecule has 1 unspecified atom stereocenters.